The first-order chi connectivity index (χ1) is 8.95. The van der Waals surface area contributed by atoms with Crippen molar-refractivity contribution in [1.29, 1.82) is 0 Å². The summed E-state index contributed by atoms with van der Waals surface area (Å²) in [6.45, 7) is 2.24. The average Bonchev–Trinajstić information content (AvgIpc) is 2.82. The number of ether oxygens (including phenoxy) is 1. The van der Waals surface area contributed by atoms with Gasteiger partial charge in [-0.05, 0) is 25.0 Å². The Labute approximate surface area is 119 Å². The number of benzene rings is 1. The molecule has 2 rings (SSSR count). The van der Waals surface area contributed by atoms with Gasteiger partial charge in [-0.25, -0.2) is 4.39 Å². The van der Waals surface area contributed by atoms with Crippen LogP contribution < -0.4 is 10.1 Å². The molecule has 0 aliphatic carbocycles. The molecule has 0 aromatic heterocycles. The topological polar surface area (TPSA) is 58.6 Å². The molecule has 1 aromatic carbocycles. The second-order valence-corrected chi connectivity index (χ2v) is 5.50. The number of hydrogen-bond donors (Lipinski definition) is 2. The van der Waals surface area contributed by atoms with Crippen molar-refractivity contribution in [1.82, 2.24) is 5.32 Å². The number of aliphatic carboxylic acids is 1. The molecule has 1 fully saturated rings. The predicted octanol–water partition coefficient (Wildman–Crippen LogP) is 2.64. The zero-order valence-corrected chi connectivity index (χ0v) is 12.3. The van der Waals surface area contributed by atoms with Crippen molar-refractivity contribution in [2.75, 3.05) is 13.7 Å². The Morgan fingerprint density at radius 1 is 1.63 bits per heavy atom. The van der Waals surface area contributed by atoms with Crippen LogP contribution in [0.3, 0.4) is 0 Å². The van der Waals surface area contributed by atoms with Crippen molar-refractivity contribution in [3.05, 3.63) is 27.5 Å². The minimum atomic E-state index is -0.831. The van der Waals surface area contributed by atoms with Gasteiger partial charge in [0.2, 0.25) is 0 Å². The van der Waals surface area contributed by atoms with E-state index in [4.69, 9.17) is 9.84 Å². The fourth-order valence-electron chi connectivity index (χ4n) is 2.48. The molecule has 104 valence electrons. The van der Waals surface area contributed by atoms with Crippen LogP contribution in [-0.2, 0) is 4.79 Å². The molecule has 0 bridgehead atoms. The third-order valence-corrected chi connectivity index (χ3v) is 4.33. The van der Waals surface area contributed by atoms with Gasteiger partial charge in [0.25, 0.3) is 0 Å². The van der Waals surface area contributed by atoms with Crippen molar-refractivity contribution in [3.63, 3.8) is 0 Å². The molecule has 1 aliphatic heterocycles. The van der Waals surface area contributed by atoms with E-state index in [9.17, 15) is 9.18 Å². The Balaban J connectivity index is 2.42. The Bertz CT molecular complexity index is 521. The van der Waals surface area contributed by atoms with Crippen LogP contribution in [0.15, 0.2) is 10.5 Å². The smallest absolute Gasteiger partial charge is 0.307 e. The van der Waals surface area contributed by atoms with Crippen LogP contribution in [0.2, 0.25) is 0 Å². The Morgan fingerprint density at radius 3 is 2.84 bits per heavy atom. The zero-order chi connectivity index (χ0) is 14.2. The number of rotatable bonds is 3. The van der Waals surface area contributed by atoms with E-state index < -0.39 is 17.7 Å². The van der Waals surface area contributed by atoms with Crippen LogP contribution in [0.25, 0.3) is 0 Å². The molecule has 0 radical (unpaired) electrons. The van der Waals surface area contributed by atoms with E-state index in [1.165, 1.54) is 13.2 Å². The summed E-state index contributed by atoms with van der Waals surface area (Å²) in [6.07, 6.45) is 0.433. The molecule has 19 heavy (non-hydrogen) atoms. The summed E-state index contributed by atoms with van der Waals surface area (Å²) in [6, 6.07) is 1.16. The van der Waals surface area contributed by atoms with Gasteiger partial charge >= 0.3 is 5.97 Å². The van der Waals surface area contributed by atoms with Gasteiger partial charge < -0.3 is 15.2 Å². The van der Waals surface area contributed by atoms with E-state index in [2.05, 4.69) is 21.2 Å². The van der Waals surface area contributed by atoms with Crippen molar-refractivity contribution < 1.29 is 19.0 Å². The molecule has 0 saturated carbocycles. The summed E-state index contributed by atoms with van der Waals surface area (Å²) in [7, 11) is 1.42. The maximum absolute atomic E-state index is 13.9. The maximum atomic E-state index is 13.9. The Morgan fingerprint density at radius 2 is 2.32 bits per heavy atom. The van der Waals surface area contributed by atoms with Crippen LogP contribution in [0, 0.1) is 18.7 Å². The molecule has 0 amide bonds. The summed E-state index contributed by atoms with van der Waals surface area (Å²) in [4.78, 5) is 11.0. The molecule has 2 N–H and O–H groups in total. The predicted molar refractivity (Wildman–Crippen MR) is 71.9 cm³/mol. The number of carboxylic acids is 1. The second-order valence-electron chi connectivity index (χ2n) is 4.64. The van der Waals surface area contributed by atoms with Gasteiger partial charge in [-0.3, -0.25) is 4.79 Å². The molecule has 6 heteroatoms. The number of nitrogens with one attached hydrogen (secondary N) is 1. The second kappa shape index (κ2) is 5.46. The minimum absolute atomic E-state index is 0.184. The first kappa shape index (κ1) is 14.3. The molecule has 0 spiro atoms. The summed E-state index contributed by atoms with van der Waals surface area (Å²) >= 11 is 3.31. The van der Waals surface area contributed by atoms with Crippen molar-refractivity contribution in [2.24, 2.45) is 5.92 Å². The molecule has 1 aliphatic rings. The van der Waals surface area contributed by atoms with E-state index in [1.807, 2.05) is 6.92 Å². The van der Waals surface area contributed by atoms with Gasteiger partial charge in [0.15, 0.2) is 11.6 Å². The minimum Gasteiger partial charge on any atom is -0.493 e. The summed E-state index contributed by atoms with van der Waals surface area (Å²) < 4.78 is 19.7. The van der Waals surface area contributed by atoms with E-state index in [1.54, 1.807) is 0 Å². The highest BCUT2D eigenvalue weighted by atomic mass is 79.9. The molecule has 1 heterocycles. The van der Waals surface area contributed by atoms with E-state index in [-0.39, 0.29) is 11.8 Å². The molecule has 4 nitrogen and oxygen atoms in total. The quantitative estimate of drug-likeness (QED) is 0.893. The van der Waals surface area contributed by atoms with Crippen LogP contribution >= 0.6 is 15.9 Å². The zero-order valence-electron chi connectivity index (χ0n) is 10.7. The van der Waals surface area contributed by atoms with Gasteiger partial charge in [-0.15, -0.1) is 0 Å². The van der Waals surface area contributed by atoms with Crippen molar-refractivity contribution >= 4 is 21.9 Å². The summed E-state index contributed by atoms with van der Waals surface area (Å²) in [5.41, 5.74) is 1.56. The van der Waals surface area contributed by atoms with E-state index >= 15 is 0 Å². The first-order valence-electron chi connectivity index (χ1n) is 5.94. The lowest BCUT2D eigenvalue weighted by Gasteiger charge is -2.19. The fourth-order valence-corrected chi connectivity index (χ4v) is 2.90. The molecule has 1 saturated heterocycles. The molecule has 2 unspecified atom stereocenters. The number of carboxylic acid groups (broad SMARTS) is 1. The average molecular weight is 332 g/mol. The van der Waals surface area contributed by atoms with Crippen molar-refractivity contribution in [2.45, 2.75) is 19.4 Å². The number of halogens is 2. The lowest BCUT2D eigenvalue weighted by Crippen LogP contribution is -2.18. The number of carbonyl (C=O) groups is 1. The standard InChI is InChI=1S/C13H15BrFNO3/c1-6-8(14)4-9(15)12(19-2)11(6)10-3-7(5-16-10)13(17)18/h4,7,10,16H,3,5H2,1-2H3,(H,17,18). The molecular formula is C13H15BrFNO3. The van der Waals surface area contributed by atoms with Gasteiger partial charge in [-0.1, -0.05) is 15.9 Å². The van der Waals surface area contributed by atoms with Crippen LogP contribution in [-0.4, -0.2) is 24.7 Å². The summed E-state index contributed by atoms with van der Waals surface area (Å²) in [5, 5.41) is 12.2. The normalized spacial score (nSPS) is 22.5. The molecule has 1 aromatic rings. The van der Waals surface area contributed by atoms with Gasteiger partial charge in [-0.2, -0.15) is 0 Å². The monoisotopic (exact) mass is 331 g/mol. The molecular weight excluding hydrogens is 317 g/mol. The SMILES string of the molecule is COc1c(F)cc(Br)c(C)c1C1CC(C(=O)O)CN1. The number of hydrogen-bond acceptors (Lipinski definition) is 3. The number of methoxy groups -OCH3 is 1. The largest absolute Gasteiger partial charge is 0.493 e. The molecule has 2 atom stereocenters. The van der Waals surface area contributed by atoms with Crippen LogP contribution in [0.5, 0.6) is 5.75 Å². The highest BCUT2D eigenvalue weighted by Crippen LogP contribution is 2.39. The van der Waals surface area contributed by atoms with Crippen LogP contribution in [0.1, 0.15) is 23.6 Å². The van der Waals surface area contributed by atoms with Gasteiger partial charge in [0.1, 0.15) is 0 Å². The Kier molecular flexibility index (Phi) is 4.10. The van der Waals surface area contributed by atoms with Crippen LogP contribution in [0.4, 0.5) is 4.39 Å². The van der Waals surface area contributed by atoms with E-state index in [0.717, 1.165) is 5.56 Å². The summed E-state index contributed by atoms with van der Waals surface area (Å²) in [5.74, 6) is -1.54. The van der Waals surface area contributed by atoms with Crippen molar-refractivity contribution in [3.8, 4) is 5.75 Å². The highest BCUT2D eigenvalue weighted by Gasteiger charge is 2.33. The third kappa shape index (κ3) is 2.60. The van der Waals surface area contributed by atoms with Gasteiger partial charge in [0.05, 0.1) is 13.0 Å². The van der Waals surface area contributed by atoms with Gasteiger partial charge in [0, 0.05) is 22.6 Å². The highest BCUT2D eigenvalue weighted by molar-refractivity contribution is 9.10. The first-order valence-corrected chi connectivity index (χ1v) is 6.73. The lowest BCUT2D eigenvalue weighted by molar-refractivity contribution is -0.141. The van der Waals surface area contributed by atoms with E-state index in [0.29, 0.717) is 23.0 Å². The Hall–Kier alpha value is -1.14. The fraction of sp³-hybridized carbons (Fsp3) is 0.462. The maximum Gasteiger partial charge on any atom is 0.307 e. The lowest BCUT2D eigenvalue weighted by atomic mass is 9.95. The third-order valence-electron chi connectivity index (χ3n) is 3.51.